The molecule has 3 aliphatic rings. The maximum atomic E-state index is 6.07. The fourth-order valence-corrected chi connectivity index (χ4v) is 5.06. The van der Waals surface area contributed by atoms with Crippen LogP contribution < -0.4 is 5.32 Å². The number of rotatable bonds is 4. The van der Waals surface area contributed by atoms with Crippen molar-refractivity contribution in [2.45, 2.75) is 44.1 Å². The molecule has 1 aromatic rings. The Labute approximate surface area is 138 Å². The van der Waals surface area contributed by atoms with Gasteiger partial charge < -0.3 is 10.1 Å². The molecule has 3 fully saturated rings. The van der Waals surface area contributed by atoms with Crippen LogP contribution >= 0.6 is 11.6 Å². The lowest BCUT2D eigenvalue weighted by atomic mass is 9.53. The number of nitrogens with one attached hydrogen (secondary N) is 1. The van der Waals surface area contributed by atoms with Gasteiger partial charge in [-0.15, -0.1) is 0 Å². The van der Waals surface area contributed by atoms with E-state index in [1.54, 1.807) is 0 Å². The lowest BCUT2D eigenvalue weighted by Gasteiger charge is -2.55. The molecule has 1 heterocycles. The first-order valence-electron chi connectivity index (χ1n) is 8.89. The van der Waals surface area contributed by atoms with Crippen LogP contribution in [0.4, 0.5) is 0 Å². The topological polar surface area (TPSA) is 21.3 Å². The first-order chi connectivity index (χ1) is 10.8. The van der Waals surface area contributed by atoms with Crippen LogP contribution in [0, 0.1) is 17.8 Å². The standard InChI is InChI=1S/C19H26ClNO/c20-15-7-5-14(6-8-15)18-16-3-1-2-4-17(16)19(18)21-11-13-9-10-22-12-13/h5-8,13,16-19,21H,1-4,9-12H2/t13?,16?,17?,18-,19-/m0/s1. The van der Waals surface area contributed by atoms with Crippen molar-refractivity contribution >= 4 is 11.6 Å². The van der Waals surface area contributed by atoms with Crippen LogP contribution in [-0.4, -0.2) is 25.8 Å². The summed E-state index contributed by atoms with van der Waals surface area (Å²) in [5.74, 6) is 3.17. The Kier molecular flexibility index (Phi) is 4.43. The zero-order valence-corrected chi connectivity index (χ0v) is 13.9. The van der Waals surface area contributed by atoms with Crippen molar-refractivity contribution in [3.05, 3.63) is 34.9 Å². The minimum absolute atomic E-state index is 0.659. The van der Waals surface area contributed by atoms with Gasteiger partial charge in [0.1, 0.15) is 0 Å². The van der Waals surface area contributed by atoms with Crippen LogP contribution in [0.2, 0.25) is 5.02 Å². The second kappa shape index (κ2) is 6.51. The summed E-state index contributed by atoms with van der Waals surface area (Å²) in [7, 11) is 0. The summed E-state index contributed by atoms with van der Waals surface area (Å²) in [5.41, 5.74) is 1.48. The molecule has 5 atom stereocenters. The molecule has 3 heteroatoms. The monoisotopic (exact) mass is 319 g/mol. The van der Waals surface area contributed by atoms with E-state index in [9.17, 15) is 0 Å². The number of hydrogen-bond donors (Lipinski definition) is 1. The molecule has 120 valence electrons. The Morgan fingerprint density at radius 3 is 2.55 bits per heavy atom. The molecule has 0 bridgehead atoms. The molecule has 3 unspecified atom stereocenters. The van der Waals surface area contributed by atoms with E-state index in [4.69, 9.17) is 16.3 Å². The zero-order chi connectivity index (χ0) is 14.9. The highest BCUT2D eigenvalue weighted by atomic mass is 35.5. The van der Waals surface area contributed by atoms with Crippen LogP contribution in [0.1, 0.15) is 43.6 Å². The average Bonchev–Trinajstić information content (AvgIpc) is 3.04. The summed E-state index contributed by atoms with van der Waals surface area (Å²) >= 11 is 6.07. The lowest BCUT2D eigenvalue weighted by molar-refractivity contribution is 0.0240. The fourth-order valence-electron chi connectivity index (χ4n) is 4.93. The molecule has 4 rings (SSSR count). The summed E-state index contributed by atoms with van der Waals surface area (Å²) in [6, 6.07) is 9.24. The molecule has 0 radical (unpaired) electrons. The first-order valence-corrected chi connectivity index (χ1v) is 9.27. The average molecular weight is 320 g/mol. The number of ether oxygens (including phenoxy) is 1. The summed E-state index contributed by atoms with van der Waals surface area (Å²) in [6.45, 7) is 3.01. The highest BCUT2D eigenvalue weighted by molar-refractivity contribution is 6.30. The smallest absolute Gasteiger partial charge is 0.0507 e. The molecule has 0 amide bonds. The molecule has 1 aliphatic heterocycles. The third kappa shape index (κ3) is 2.81. The van der Waals surface area contributed by atoms with Gasteiger partial charge in [0.25, 0.3) is 0 Å². The van der Waals surface area contributed by atoms with Crippen LogP contribution in [0.3, 0.4) is 0 Å². The predicted molar refractivity (Wildman–Crippen MR) is 90.4 cm³/mol. The number of halogens is 1. The third-order valence-corrected chi connectivity index (χ3v) is 6.36. The minimum Gasteiger partial charge on any atom is -0.381 e. The van der Waals surface area contributed by atoms with Gasteiger partial charge in [0, 0.05) is 30.1 Å². The van der Waals surface area contributed by atoms with Gasteiger partial charge in [-0.2, -0.15) is 0 Å². The highest BCUT2D eigenvalue weighted by Crippen LogP contribution is 2.54. The molecule has 1 saturated heterocycles. The number of hydrogen-bond acceptors (Lipinski definition) is 2. The van der Waals surface area contributed by atoms with Crippen molar-refractivity contribution in [1.82, 2.24) is 5.32 Å². The maximum Gasteiger partial charge on any atom is 0.0507 e. The second-order valence-electron chi connectivity index (χ2n) is 7.35. The van der Waals surface area contributed by atoms with E-state index in [1.807, 2.05) is 0 Å². The van der Waals surface area contributed by atoms with E-state index in [0.29, 0.717) is 17.9 Å². The van der Waals surface area contributed by atoms with E-state index in [2.05, 4.69) is 29.6 Å². The van der Waals surface area contributed by atoms with Crippen molar-refractivity contribution in [3.63, 3.8) is 0 Å². The Morgan fingerprint density at radius 1 is 1.05 bits per heavy atom. The van der Waals surface area contributed by atoms with E-state index in [1.165, 1.54) is 37.7 Å². The molecule has 0 spiro atoms. The SMILES string of the molecule is Clc1ccc([C@H]2C3CCCCC3[C@@H]2NCC2CCOC2)cc1. The van der Waals surface area contributed by atoms with E-state index < -0.39 is 0 Å². The van der Waals surface area contributed by atoms with Crippen LogP contribution in [0.5, 0.6) is 0 Å². The van der Waals surface area contributed by atoms with Crippen molar-refractivity contribution in [1.29, 1.82) is 0 Å². The molecular weight excluding hydrogens is 294 g/mol. The Bertz CT molecular complexity index is 497. The normalized spacial score (nSPS) is 37.6. The van der Waals surface area contributed by atoms with Gasteiger partial charge in [0.2, 0.25) is 0 Å². The Morgan fingerprint density at radius 2 is 1.82 bits per heavy atom. The van der Waals surface area contributed by atoms with Gasteiger partial charge >= 0.3 is 0 Å². The van der Waals surface area contributed by atoms with Crippen molar-refractivity contribution in [2.24, 2.45) is 17.8 Å². The fraction of sp³-hybridized carbons (Fsp3) is 0.684. The largest absolute Gasteiger partial charge is 0.381 e. The van der Waals surface area contributed by atoms with Crippen LogP contribution in [-0.2, 0) is 4.74 Å². The Balaban J connectivity index is 1.47. The van der Waals surface area contributed by atoms with Gasteiger partial charge in [-0.1, -0.05) is 36.6 Å². The number of fused-ring (bicyclic) bond motifs is 1. The molecule has 1 N–H and O–H groups in total. The quantitative estimate of drug-likeness (QED) is 0.896. The molecule has 2 saturated carbocycles. The first kappa shape index (κ1) is 15.0. The highest BCUT2D eigenvalue weighted by Gasteiger charge is 2.50. The molecule has 2 nitrogen and oxygen atoms in total. The molecular formula is C19H26ClNO. The molecule has 22 heavy (non-hydrogen) atoms. The summed E-state index contributed by atoms with van der Waals surface area (Å²) in [6.07, 6.45) is 6.86. The molecule has 0 aromatic heterocycles. The zero-order valence-electron chi connectivity index (χ0n) is 13.1. The van der Waals surface area contributed by atoms with Crippen molar-refractivity contribution in [2.75, 3.05) is 19.8 Å². The Hall–Kier alpha value is -0.570. The van der Waals surface area contributed by atoms with Gasteiger partial charge in [0.15, 0.2) is 0 Å². The molecule has 2 aliphatic carbocycles. The summed E-state index contributed by atoms with van der Waals surface area (Å²) in [4.78, 5) is 0. The van der Waals surface area contributed by atoms with Gasteiger partial charge in [0.05, 0.1) is 6.61 Å². The lowest BCUT2D eigenvalue weighted by Crippen LogP contribution is -2.58. The van der Waals surface area contributed by atoms with E-state index >= 15 is 0 Å². The predicted octanol–water partition coefficient (Wildman–Crippen LogP) is 4.24. The van der Waals surface area contributed by atoms with Crippen molar-refractivity contribution in [3.8, 4) is 0 Å². The number of benzene rings is 1. The van der Waals surface area contributed by atoms with Crippen molar-refractivity contribution < 1.29 is 4.74 Å². The summed E-state index contributed by atoms with van der Waals surface area (Å²) in [5, 5.41) is 4.75. The van der Waals surface area contributed by atoms with E-state index in [0.717, 1.165) is 36.6 Å². The summed E-state index contributed by atoms with van der Waals surface area (Å²) < 4.78 is 5.52. The van der Waals surface area contributed by atoms with Crippen LogP contribution in [0.15, 0.2) is 24.3 Å². The molecule has 1 aromatic carbocycles. The second-order valence-corrected chi connectivity index (χ2v) is 7.79. The van der Waals surface area contributed by atoms with Gasteiger partial charge in [-0.05, 0) is 54.7 Å². The van der Waals surface area contributed by atoms with Gasteiger partial charge in [-0.3, -0.25) is 0 Å². The van der Waals surface area contributed by atoms with Crippen LogP contribution in [0.25, 0.3) is 0 Å². The minimum atomic E-state index is 0.659. The maximum absolute atomic E-state index is 6.07. The third-order valence-electron chi connectivity index (χ3n) is 6.11. The van der Waals surface area contributed by atoms with Gasteiger partial charge in [-0.25, -0.2) is 0 Å². The van der Waals surface area contributed by atoms with E-state index in [-0.39, 0.29) is 0 Å².